The van der Waals surface area contributed by atoms with Crippen LogP contribution in [0.25, 0.3) is 0 Å². The number of alkyl halides is 1. The van der Waals surface area contributed by atoms with Crippen LogP contribution >= 0.6 is 0 Å². The summed E-state index contributed by atoms with van der Waals surface area (Å²) in [5.74, 6) is -2.48. The summed E-state index contributed by atoms with van der Waals surface area (Å²) in [7, 11) is -1.00. The Balaban J connectivity index is 0.000000290. The fraction of sp³-hybridized carbons (Fsp3) is 0.412. The maximum Gasteiger partial charge on any atom is 0.407 e. The molecule has 0 aromatic heterocycles. The molecule has 0 bridgehead atoms. The highest BCUT2D eigenvalue weighted by Gasteiger charge is 2.26. The number of amides is 3. The largest absolute Gasteiger partial charge is 0.478 e. The molecule has 6 rings (SSSR count). The van der Waals surface area contributed by atoms with Crippen LogP contribution in [0.4, 0.5) is 14.0 Å². The molecule has 2 heterocycles. The number of halogens is 1. The van der Waals surface area contributed by atoms with Crippen molar-refractivity contribution in [2.75, 3.05) is 33.3 Å². The number of aromatic carboxylic acids is 3. The monoisotopic (exact) mass is 929 g/mol. The zero-order valence-electron chi connectivity index (χ0n) is 40.1. The summed E-state index contributed by atoms with van der Waals surface area (Å²) in [5.41, 5.74) is 4.17. The van der Waals surface area contributed by atoms with Gasteiger partial charge in [0.05, 0.1) is 25.2 Å². The predicted octanol–water partition coefficient (Wildman–Crippen LogP) is 9.28. The van der Waals surface area contributed by atoms with Crippen LogP contribution in [0.5, 0.6) is 0 Å². The summed E-state index contributed by atoms with van der Waals surface area (Å²) in [6, 6.07) is 28.0. The fourth-order valence-corrected chi connectivity index (χ4v) is 7.22. The van der Waals surface area contributed by atoms with Crippen LogP contribution in [-0.2, 0) is 22.6 Å². The Morgan fingerprint density at radius 1 is 0.612 bits per heavy atom. The van der Waals surface area contributed by atoms with Gasteiger partial charge in [-0.1, -0.05) is 60.7 Å². The van der Waals surface area contributed by atoms with Gasteiger partial charge in [0.15, 0.2) is 0 Å². The molecular formula is C51H65FN4O11. The summed E-state index contributed by atoms with van der Waals surface area (Å²) in [6.07, 6.45) is 3.21. The molecule has 2 saturated heterocycles. The quantitative estimate of drug-likeness (QED) is 0.0876. The number of likely N-dealkylation sites (tertiary alicyclic amines) is 1. The fourth-order valence-electron chi connectivity index (χ4n) is 7.22. The zero-order chi connectivity index (χ0) is 50.4. The Labute approximate surface area is 393 Å². The Bertz CT molecular complexity index is 2270. The molecule has 4 aromatic rings. The number of alkyl carbamates (subject to hydrolysis) is 2. The van der Waals surface area contributed by atoms with Gasteiger partial charge in [0.25, 0.3) is 5.91 Å². The molecule has 67 heavy (non-hydrogen) atoms. The number of carboxylic acids is 3. The summed E-state index contributed by atoms with van der Waals surface area (Å²) in [4.78, 5) is 70.1. The van der Waals surface area contributed by atoms with E-state index in [0.29, 0.717) is 43.6 Å². The number of carbonyl (C=O) groups is 6. The van der Waals surface area contributed by atoms with Crippen molar-refractivity contribution in [1.29, 1.82) is 0 Å². The van der Waals surface area contributed by atoms with Crippen LogP contribution in [0.1, 0.15) is 144 Å². The van der Waals surface area contributed by atoms with E-state index in [1.165, 1.54) is 54.3 Å². The van der Waals surface area contributed by atoms with Crippen molar-refractivity contribution in [2.45, 2.75) is 103 Å². The van der Waals surface area contributed by atoms with Gasteiger partial charge in [-0.2, -0.15) is 0 Å². The highest BCUT2D eigenvalue weighted by Crippen LogP contribution is 2.30. The van der Waals surface area contributed by atoms with Gasteiger partial charge in [0.2, 0.25) is 0 Å². The average Bonchev–Trinajstić information content (AvgIpc) is 3.30. The molecular weight excluding hydrogens is 864 g/mol. The minimum absolute atomic E-state index is 0.0186. The molecule has 0 spiro atoms. The number of piperidine rings is 2. The third-order valence-electron chi connectivity index (χ3n) is 10.4. The first-order valence-corrected chi connectivity index (χ1v) is 22.0. The first-order valence-electron chi connectivity index (χ1n) is 22.7. The van der Waals surface area contributed by atoms with Crippen molar-refractivity contribution in [3.8, 4) is 0 Å². The molecule has 4 aromatic carbocycles. The Morgan fingerprint density at radius 3 is 1.36 bits per heavy atom. The number of benzene rings is 4. The summed E-state index contributed by atoms with van der Waals surface area (Å²) >= 11 is 0. The van der Waals surface area contributed by atoms with E-state index in [1.807, 2.05) is 59.7 Å². The molecule has 2 fully saturated rings. The van der Waals surface area contributed by atoms with Crippen LogP contribution in [0.2, 0.25) is 0 Å². The van der Waals surface area contributed by atoms with E-state index in [2.05, 4.69) is 46.3 Å². The van der Waals surface area contributed by atoms with Crippen molar-refractivity contribution in [3.05, 3.63) is 142 Å². The number of hydrogen-bond donors (Lipinski definition) is 6. The van der Waals surface area contributed by atoms with Crippen LogP contribution in [0, 0.1) is 0 Å². The third-order valence-corrected chi connectivity index (χ3v) is 10.4. The van der Waals surface area contributed by atoms with Crippen molar-refractivity contribution in [3.63, 3.8) is 0 Å². The molecule has 0 saturated carbocycles. The van der Waals surface area contributed by atoms with Crippen LogP contribution in [0.3, 0.4) is 0 Å². The lowest BCUT2D eigenvalue weighted by molar-refractivity contribution is 0.0512. The minimum Gasteiger partial charge on any atom is -0.478 e. The highest BCUT2D eigenvalue weighted by molar-refractivity contribution is 5.97. The second-order valence-corrected chi connectivity index (χ2v) is 17.9. The van der Waals surface area contributed by atoms with E-state index >= 15 is 0 Å². The number of nitrogens with one attached hydrogen (secondary N) is 3. The second kappa shape index (κ2) is 26.4. The molecule has 15 nitrogen and oxygen atoms in total. The topological polar surface area (TPSA) is 221 Å². The van der Waals surface area contributed by atoms with Crippen LogP contribution in [-0.4, -0.2) is 101 Å². The third kappa shape index (κ3) is 19.7. The van der Waals surface area contributed by atoms with Gasteiger partial charge in [-0.3, -0.25) is 9.18 Å². The number of carboxylic acid groups (broad SMARTS) is 3. The lowest BCUT2D eigenvalue weighted by atomic mass is 9.88. The second-order valence-electron chi connectivity index (χ2n) is 17.9. The van der Waals surface area contributed by atoms with Gasteiger partial charge in [-0.05, 0) is 151 Å². The Kier molecular flexibility index (Phi) is 20.8. The first kappa shape index (κ1) is 52.8. The number of ether oxygens (including phenoxy) is 2. The number of rotatable bonds is 10. The van der Waals surface area contributed by atoms with Gasteiger partial charge in [0, 0.05) is 31.7 Å². The minimum atomic E-state index is -1.13. The van der Waals surface area contributed by atoms with Gasteiger partial charge in [-0.15, -0.1) is 0 Å². The standard InChI is InChI=1S/C25H30N2O5.C17H26N2O2.C8H6O4.CH3F/c1-25(2,3)32-24(31)26-16-17-6-4-7-19(14-17)18-10-12-27(13-11-18)22(28)20-8-5-9-21(15-20)23(29)30;1-17(2,3)21-16(20)19-12-13-5-4-6-15(11-13)14-7-9-18-10-8-14;9-7(10)5-2-1-3-6(4-5)8(11)12;1-2/h4-9,14-15,18H,10-13,16H2,1-3H3,(H,26,31)(H,29,30);4-6,11,14,18H,7-10,12H2,1-3H3,(H,19,20);1-4H,(H,9,10)(H,11,12);1H3/i;;;1D. The molecule has 2 aliphatic heterocycles. The van der Waals surface area contributed by atoms with Gasteiger partial charge < -0.3 is 45.6 Å². The number of hydrogen-bond acceptors (Lipinski definition) is 9. The number of nitrogens with zero attached hydrogens (tertiary/aromatic N) is 1. The summed E-state index contributed by atoms with van der Waals surface area (Å²) in [6.45, 7) is 15.4. The smallest absolute Gasteiger partial charge is 0.407 e. The molecule has 2 aliphatic rings. The predicted molar refractivity (Wildman–Crippen MR) is 253 cm³/mol. The van der Waals surface area contributed by atoms with E-state index in [9.17, 15) is 33.2 Å². The van der Waals surface area contributed by atoms with Gasteiger partial charge in [-0.25, -0.2) is 24.0 Å². The van der Waals surface area contributed by atoms with Gasteiger partial charge >= 0.3 is 30.1 Å². The van der Waals surface area contributed by atoms with E-state index < -0.39 is 42.4 Å². The molecule has 0 atom stereocenters. The van der Waals surface area contributed by atoms with Crippen molar-refractivity contribution >= 4 is 36.0 Å². The lowest BCUT2D eigenvalue weighted by Gasteiger charge is -2.32. The average molecular weight is 930 g/mol. The normalized spacial score (nSPS) is 14.1. The van der Waals surface area contributed by atoms with Crippen LogP contribution in [0.15, 0.2) is 97.1 Å². The van der Waals surface area contributed by atoms with E-state index in [-0.39, 0.29) is 28.7 Å². The first-order chi connectivity index (χ1) is 32.1. The molecule has 6 N–H and O–H groups in total. The molecule has 362 valence electrons. The maximum absolute atomic E-state index is 12.8. The van der Waals surface area contributed by atoms with E-state index in [1.54, 1.807) is 17.0 Å². The van der Waals surface area contributed by atoms with Crippen LogP contribution < -0.4 is 16.0 Å². The van der Waals surface area contributed by atoms with Gasteiger partial charge in [0.1, 0.15) is 11.2 Å². The molecule has 0 aliphatic carbocycles. The van der Waals surface area contributed by atoms with Crippen molar-refractivity contribution in [1.82, 2.24) is 20.9 Å². The molecule has 0 unspecified atom stereocenters. The van der Waals surface area contributed by atoms with Crippen molar-refractivity contribution in [2.24, 2.45) is 0 Å². The summed E-state index contributed by atoms with van der Waals surface area (Å²) < 4.78 is 26.0. The van der Waals surface area contributed by atoms with E-state index in [4.69, 9.17) is 26.2 Å². The highest BCUT2D eigenvalue weighted by atomic mass is 19.1. The maximum atomic E-state index is 12.8. The zero-order valence-corrected chi connectivity index (χ0v) is 39.1. The molecule has 0 radical (unpaired) electrons. The SMILES string of the molecule is CC(C)(C)OC(=O)NCc1cccc(C2CCN(C(=O)c3cccc(C(=O)O)c3)CC2)c1.CC(C)(C)OC(=O)NCc1cccc(C2CCNCC2)c1.O=C(O)c1cccc(C(=O)O)c1.[2H]CF. The number of carbonyl (C=O) groups excluding carboxylic acids is 3. The summed E-state index contributed by atoms with van der Waals surface area (Å²) in [5, 5.41) is 35.1. The van der Waals surface area contributed by atoms with Crippen molar-refractivity contribution < 1.29 is 59.3 Å². The Hall–Kier alpha value is -6.81. The molecule has 3 amide bonds. The Morgan fingerprint density at radius 2 is 0.970 bits per heavy atom. The van der Waals surface area contributed by atoms with E-state index in [0.717, 1.165) is 43.1 Å². The molecule has 16 heteroatoms. The lowest BCUT2D eigenvalue weighted by Crippen LogP contribution is -2.38.